The Bertz CT molecular complexity index is 639. The van der Waals surface area contributed by atoms with Crippen LogP contribution in [0.2, 0.25) is 0 Å². The Morgan fingerprint density at radius 2 is 2.00 bits per heavy atom. The van der Waals surface area contributed by atoms with Crippen molar-refractivity contribution < 1.29 is 23.1 Å². The van der Waals surface area contributed by atoms with Crippen LogP contribution in [0.3, 0.4) is 0 Å². The van der Waals surface area contributed by atoms with Gasteiger partial charge in [0.15, 0.2) is 0 Å². The van der Waals surface area contributed by atoms with Gasteiger partial charge >= 0.3 is 5.97 Å². The molecule has 1 N–H and O–H groups in total. The van der Waals surface area contributed by atoms with Crippen LogP contribution >= 0.6 is 12.2 Å². The van der Waals surface area contributed by atoms with Crippen molar-refractivity contribution in [1.29, 1.82) is 0 Å². The number of carbonyl (C=O) groups is 1. The van der Waals surface area contributed by atoms with Gasteiger partial charge in [0.1, 0.15) is 18.2 Å². The normalized spacial score (nSPS) is 10.0. The van der Waals surface area contributed by atoms with Gasteiger partial charge in [-0.05, 0) is 42.5 Å². The minimum absolute atomic E-state index is 0.0777. The Hall–Kier alpha value is -2.41. The summed E-state index contributed by atoms with van der Waals surface area (Å²) in [5.74, 6) is -0.251. The number of esters is 1. The number of hydrogen-bond donors (Lipinski definition) is 1. The molecule has 7 heteroatoms. The predicted molar refractivity (Wildman–Crippen MR) is 77.4 cm³/mol. The van der Waals surface area contributed by atoms with Gasteiger partial charge in [-0.1, -0.05) is 0 Å². The molecule has 5 nitrogen and oxygen atoms in total. The monoisotopic (exact) mass is 309 g/mol. The fourth-order valence-corrected chi connectivity index (χ4v) is 1.63. The van der Waals surface area contributed by atoms with Crippen LogP contribution in [0.5, 0.6) is 5.95 Å². The molecule has 0 spiro atoms. The van der Waals surface area contributed by atoms with E-state index in [0.29, 0.717) is 11.4 Å². The van der Waals surface area contributed by atoms with E-state index in [1.54, 1.807) is 6.07 Å². The summed E-state index contributed by atoms with van der Waals surface area (Å²) in [6.07, 6.45) is 0. The van der Waals surface area contributed by atoms with Gasteiger partial charge < -0.3 is 19.2 Å². The Morgan fingerprint density at radius 1 is 1.29 bits per heavy atom. The average molecular weight is 309 g/mol. The number of halogens is 1. The predicted octanol–water partition coefficient (Wildman–Crippen LogP) is 3.26. The van der Waals surface area contributed by atoms with E-state index in [9.17, 15) is 9.18 Å². The summed E-state index contributed by atoms with van der Waals surface area (Å²) in [4.78, 5) is 10.7. The number of benzene rings is 1. The highest BCUT2D eigenvalue weighted by Gasteiger charge is 2.07. The standard InChI is InChI=1S/C14H12FNO4S/c1-9(17)19-13-7-6-12(20-13)8-18-14(21)16-11-4-2-10(15)3-5-11/h2-7H,8H2,1H3,(H,16,21). The van der Waals surface area contributed by atoms with Crippen molar-refractivity contribution in [1.82, 2.24) is 0 Å². The molecular formula is C14H12FNO4S. The van der Waals surface area contributed by atoms with Crippen molar-refractivity contribution in [3.8, 4) is 5.95 Å². The Morgan fingerprint density at radius 3 is 2.67 bits per heavy atom. The molecule has 2 aromatic rings. The molecule has 1 heterocycles. The van der Waals surface area contributed by atoms with Gasteiger partial charge in [-0.15, -0.1) is 0 Å². The van der Waals surface area contributed by atoms with Crippen molar-refractivity contribution in [2.45, 2.75) is 13.5 Å². The maximum atomic E-state index is 12.7. The number of carbonyl (C=O) groups excluding carboxylic acids is 1. The number of hydrogen-bond acceptors (Lipinski definition) is 5. The lowest BCUT2D eigenvalue weighted by Gasteiger charge is -2.08. The van der Waals surface area contributed by atoms with Gasteiger partial charge in [-0.3, -0.25) is 4.79 Å². The molecule has 110 valence electrons. The highest BCUT2D eigenvalue weighted by molar-refractivity contribution is 7.80. The molecule has 0 radical (unpaired) electrons. The summed E-state index contributed by atoms with van der Waals surface area (Å²) >= 11 is 4.99. The number of anilines is 1. The van der Waals surface area contributed by atoms with Gasteiger partial charge in [-0.2, -0.15) is 0 Å². The Labute approximate surface area is 125 Å². The summed E-state index contributed by atoms with van der Waals surface area (Å²) in [6.45, 7) is 1.36. The minimum Gasteiger partial charge on any atom is -0.463 e. The minimum atomic E-state index is -0.467. The second-order valence-electron chi connectivity index (χ2n) is 4.02. The summed E-state index contributed by atoms with van der Waals surface area (Å²) in [5.41, 5.74) is 0.612. The first-order valence-corrected chi connectivity index (χ1v) is 6.40. The third-order valence-electron chi connectivity index (χ3n) is 2.32. The third-order valence-corrected chi connectivity index (χ3v) is 2.54. The zero-order chi connectivity index (χ0) is 15.2. The molecule has 0 amide bonds. The van der Waals surface area contributed by atoms with E-state index in [2.05, 4.69) is 5.32 Å². The topological polar surface area (TPSA) is 60.7 Å². The highest BCUT2D eigenvalue weighted by Crippen LogP contribution is 2.17. The molecule has 0 saturated carbocycles. The average Bonchev–Trinajstić information content (AvgIpc) is 2.86. The maximum Gasteiger partial charge on any atom is 0.310 e. The molecule has 0 aliphatic rings. The summed E-state index contributed by atoms with van der Waals surface area (Å²) < 4.78 is 28.0. The molecule has 0 saturated heterocycles. The number of ether oxygens (including phenoxy) is 2. The van der Waals surface area contributed by atoms with Crippen LogP contribution in [0.1, 0.15) is 12.7 Å². The molecule has 0 bridgehead atoms. The summed E-state index contributed by atoms with van der Waals surface area (Å²) in [7, 11) is 0. The molecule has 21 heavy (non-hydrogen) atoms. The van der Waals surface area contributed by atoms with Crippen molar-refractivity contribution in [3.05, 3.63) is 48.0 Å². The highest BCUT2D eigenvalue weighted by atomic mass is 32.1. The summed E-state index contributed by atoms with van der Waals surface area (Å²) in [5, 5.41) is 2.91. The van der Waals surface area contributed by atoms with Gasteiger partial charge in [-0.25, -0.2) is 4.39 Å². The van der Waals surface area contributed by atoms with Crippen LogP contribution in [0, 0.1) is 5.82 Å². The van der Waals surface area contributed by atoms with E-state index in [1.807, 2.05) is 0 Å². The first-order valence-electron chi connectivity index (χ1n) is 5.99. The van der Waals surface area contributed by atoms with Gasteiger partial charge in [0.25, 0.3) is 11.1 Å². The number of furan rings is 1. The van der Waals surface area contributed by atoms with E-state index in [4.69, 9.17) is 26.1 Å². The second-order valence-corrected chi connectivity index (χ2v) is 4.39. The molecule has 2 rings (SSSR count). The van der Waals surface area contributed by atoms with Crippen LogP contribution in [0.4, 0.5) is 10.1 Å². The molecule has 0 aliphatic heterocycles. The Kier molecular flexibility index (Phi) is 4.89. The molecule has 0 aliphatic carbocycles. The smallest absolute Gasteiger partial charge is 0.310 e. The lowest BCUT2D eigenvalue weighted by Crippen LogP contribution is -2.12. The second kappa shape index (κ2) is 6.85. The Balaban J connectivity index is 1.82. The number of rotatable bonds is 4. The van der Waals surface area contributed by atoms with Crippen LogP contribution in [-0.2, 0) is 16.1 Å². The van der Waals surface area contributed by atoms with Crippen LogP contribution in [0.25, 0.3) is 0 Å². The van der Waals surface area contributed by atoms with E-state index in [1.165, 1.54) is 37.3 Å². The number of nitrogens with one attached hydrogen (secondary N) is 1. The zero-order valence-corrected chi connectivity index (χ0v) is 11.9. The molecule has 1 aromatic carbocycles. The van der Waals surface area contributed by atoms with E-state index >= 15 is 0 Å². The SMILES string of the molecule is CC(=O)Oc1ccc(COC(=S)Nc2ccc(F)cc2)o1. The molecule has 0 unspecified atom stereocenters. The quantitative estimate of drug-likeness (QED) is 0.691. The summed E-state index contributed by atoms with van der Waals surface area (Å²) in [6, 6.07) is 8.81. The molecular weight excluding hydrogens is 297 g/mol. The first-order chi connectivity index (χ1) is 10.0. The van der Waals surface area contributed by atoms with Gasteiger partial charge in [0.2, 0.25) is 0 Å². The van der Waals surface area contributed by atoms with E-state index in [0.717, 1.165) is 0 Å². The molecule has 0 atom stereocenters. The van der Waals surface area contributed by atoms with E-state index in [-0.39, 0.29) is 23.5 Å². The van der Waals surface area contributed by atoms with Crippen molar-refractivity contribution >= 4 is 29.0 Å². The van der Waals surface area contributed by atoms with Crippen molar-refractivity contribution in [2.75, 3.05) is 5.32 Å². The van der Waals surface area contributed by atoms with Crippen molar-refractivity contribution in [3.63, 3.8) is 0 Å². The largest absolute Gasteiger partial charge is 0.463 e. The van der Waals surface area contributed by atoms with E-state index < -0.39 is 5.97 Å². The maximum absolute atomic E-state index is 12.7. The van der Waals surface area contributed by atoms with Crippen molar-refractivity contribution in [2.24, 2.45) is 0 Å². The lowest BCUT2D eigenvalue weighted by atomic mass is 10.3. The van der Waals surface area contributed by atoms with Gasteiger partial charge in [0.05, 0.1) is 0 Å². The lowest BCUT2D eigenvalue weighted by molar-refractivity contribution is -0.133. The van der Waals surface area contributed by atoms with Crippen LogP contribution < -0.4 is 10.1 Å². The fraction of sp³-hybridized carbons (Fsp3) is 0.143. The van der Waals surface area contributed by atoms with Crippen LogP contribution in [-0.4, -0.2) is 11.1 Å². The number of thiocarbonyl (C=S) groups is 1. The third kappa shape index (κ3) is 4.88. The molecule has 0 fully saturated rings. The molecule has 1 aromatic heterocycles. The fourth-order valence-electron chi connectivity index (χ4n) is 1.46. The zero-order valence-electron chi connectivity index (χ0n) is 11.1. The van der Waals surface area contributed by atoms with Gasteiger partial charge in [0, 0.05) is 18.7 Å². The van der Waals surface area contributed by atoms with Crippen LogP contribution in [0.15, 0.2) is 40.8 Å². The first kappa shape index (κ1) is 15.0.